The summed E-state index contributed by atoms with van der Waals surface area (Å²) in [5.74, 6) is 1.04. The average molecular weight is 450 g/mol. The third kappa shape index (κ3) is 4.51. The molecule has 0 saturated carbocycles. The van der Waals surface area contributed by atoms with E-state index in [4.69, 9.17) is 0 Å². The Bertz CT molecular complexity index is 1210. The van der Waals surface area contributed by atoms with Crippen LogP contribution >= 0.6 is 0 Å². The third-order valence-corrected chi connectivity index (χ3v) is 6.18. The number of fused-ring (bicyclic) bond motifs is 1. The lowest BCUT2D eigenvalue weighted by molar-refractivity contribution is 0.144. The number of halogens is 2. The van der Waals surface area contributed by atoms with Crippen LogP contribution in [0.4, 0.5) is 14.6 Å². The first-order chi connectivity index (χ1) is 14.6. The summed E-state index contributed by atoms with van der Waals surface area (Å²) >= 11 is 0. The summed E-state index contributed by atoms with van der Waals surface area (Å²) < 4.78 is 44.5. The van der Waals surface area contributed by atoms with E-state index >= 15 is 0 Å². The van der Waals surface area contributed by atoms with Gasteiger partial charge in [-0.05, 0) is 31.4 Å². The molecule has 1 aliphatic rings. The van der Waals surface area contributed by atoms with Crippen molar-refractivity contribution in [3.63, 3.8) is 0 Å². The van der Waals surface area contributed by atoms with Crippen LogP contribution in [-0.2, 0) is 9.73 Å². The molecule has 4 heterocycles. The second kappa shape index (κ2) is 8.10. The fourth-order valence-corrected chi connectivity index (χ4v) is 4.89. The van der Waals surface area contributed by atoms with Crippen molar-refractivity contribution in [2.24, 2.45) is 10.3 Å². The lowest BCUT2D eigenvalue weighted by atomic mass is 9.91. The monoisotopic (exact) mass is 449 g/mol. The Hall–Kier alpha value is -2.69. The highest BCUT2D eigenvalue weighted by Gasteiger charge is 2.33. The van der Waals surface area contributed by atoms with Gasteiger partial charge in [0.2, 0.25) is 0 Å². The zero-order valence-electron chi connectivity index (χ0n) is 17.8. The van der Waals surface area contributed by atoms with Gasteiger partial charge in [0.25, 0.3) is 6.43 Å². The number of imidazole rings is 1. The number of alkyl halides is 2. The minimum atomic E-state index is -2.68. The minimum absolute atomic E-state index is 0.00502. The van der Waals surface area contributed by atoms with Crippen LogP contribution in [0.25, 0.3) is 17.0 Å². The summed E-state index contributed by atoms with van der Waals surface area (Å²) in [4.78, 5) is 15.2. The Kier molecular flexibility index (Phi) is 5.63. The van der Waals surface area contributed by atoms with E-state index in [0.717, 1.165) is 13.0 Å². The van der Waals surface area contributed by atoms with Gasteiger partial charge >= 0.3 is 0 Å². The van der Waals surface area contributed by atoms with Crippen LogP contribution in [0.2, 0.25) is 0 Å². The molecular weight excluding hydrogens is 424 g/mol. The van der Waals surface area contributed by atoms with Crippen molar-refractivity contribution in [3.05, 3.63) is 36.4 Å². The van der Waals surface area contributed by atoms with Crippen molar-refractivity contribution in [1.82, 2.24) is 24.6 Å². The molecule has 0 bridgehead atoms. The molecule has 8 nitrogen and oxygen atoms in total. The molecule has 4 rings (SSSR count). The standard InChI is InChI=1S/C20H25F2N7OS/c1-12-7-15(27-31(3,4)30)13(2)28(10-12)19-8-16(24-11-25-19)17-9-23-18-6-5-14(20(21)22)26-29(17)18/h5-6,8-9,11-13,15,20H,7,10H2,1-4H3/t12-,13+,15+/m1/s1. The summed E-state index contributed by atoms with van der Waals surface area (Å²) in [5.41, 5.74) is 1.17. The van der Waals surface area contributed by atoms with Gasteiger partial charge in [-0.2, -0.15) is 5.10 Å². The summed E-state index contributed by atoms with van der Waals surface area (Å²) in [6, 6.07) is 4.51. The van der Waals surface area contributed by atoms with Crippen LogP contribution in [0.3, 0.4) is 0 Å². The molecule has 31 heavy (non-hydrogen) atoms. The molecule has 0 unspecified atom stereocenters. The molecule has 3 aromatic heterocycles. The van der Waals surface area contributed by atoms with Crippen molar-refractivity contribution in [3.8, 4) is 11.4 Å². The topological polar surface area (TPSA) is 88.6 Å². The zero-order valence-corrected chi connectivity index (χ0v) is 18.6. The molecule has 166 valence electrons. The molecule has 11 heteroatoms. The van der Waals surface area contributed by atoms with E-state index in [0.29, 0.717) is 28.8 Å². The Morgan fingerprint density at radius 1 is 1.19 bits per heavy atom. The quantitative estimate of drug-likeness (QED) is 0.606. The van der Waals surface area contributed by atoms with Crippen LogP contribution in [-0.4, -0.2) is 59.9 Å². The maximum absolute atomic E-state index is 13.1. The molecule has 3 atom stereocenters. The van der Waals surface area contributed by atoms with E-state index in [1.165, 1.54) is 23.0 Å². The second-order valence-electron chi connectivity index (χ2n) is 8.32. The van der Waals surface area contributed by atoms with Gasteiger partial charge < -0.3 is 4.90 Å². The zero-order chi connectivity index (χ0) is 22.3. The SMILES string of the molecule is C[C@@H]1C[C@H](N=S(C)(C)=O)[C@H](C)N(c2cc(-c3cnc4ccc(C(F)F)nn34)ncn2)C1. The van der Waals surface area contributed by atoms with Gasteiger partial charge in [0.1, 0.15) is 23.5 Å². The molecule has 0 aliphatic carbocycles. The molecule has 1 fully saturated rings. The Labute approximate surface area is 179 Å². The van der Waals surface area contributed by atoms with E-state index in [1.807, 2.05) is 0 Å². The van der Waals surface area contributed by atoms with Crippen molar-refractivity contribution in [1.29, 1.82) is 0 Å². The number of anilines is 1. The third-order valence-electron chi connectivity index (χ3n) is 5.41. The van der Waals surface area contributed by atoms with Crippen LogP contribution in [0, 0.1) is 5.92 Å². The predicted octanol–water partition coefficient (Wildman–Crippen LogP) is 3.45. The molecule has 0 radical (unpaired) electrons. The summed E-state index contributed by atoms with van der Waals surface area (Å²) in [6.45, 7) is 4.97. The fourth-order valence-electron chi connectivity index (χ4n) is 3.98. The largest absolute Gasteiger partial charge is 0.351 e. The van der Waals surface area contributed by atoms with E-state index in [9.17, 15) is 13.0 Å². The van der Waals surface area contributed by atoms with Crippen molar-refractivity contribution >= 4 is 21.2 Å². The summed E-state index contributed by atoms with van der Waals surface area (Å²) in [6.07, 6.45) is 4.50. The number of rotatable bonds is 4. The number of piperidine rings is 1. The highest BCUT2D eigenvalue weighted by atomic mass is 32.2. The van der Waals surface area contributed by atoms with E-state index in [1.54, 1.807) is 24.8 Å². The van der Waals surface area contributed by atoms with Crippen molar-refractivity contribution < 1.29 is 13.0 Å². The van der Waals surface area contributed by atoms with Gasteiger partial charge in [0.05, 0.1) is 24.0 Å². The molecular formula is C20H25F2N7OS. The van der Waals surface area contributed by atoms with Gasteiger partial charge in [-0.3, -0.25) is 4.21 Å². The maximum atomic E-state index is 13.1. The first-order valence-electron chi connectivity index (χ1n) is 10.0. The molecule has 0 N–H and O–H groups in total. The lowest BCUT2D eigenvalue weighted by Crippen LogP contribution is -2.49. The van der Waals surface area contributed by atoms with Crippen LogP contribution in [0.1, 0.15) is 32.4 Å². The fraction of sp³-hybridized carbons (Fsp3) is 0.500. The summed E-state index contributed by atoms with van der Waals surface area (Å²) in [5, 5.41) is 4.02. The highest BCUT2D eigenvalue weighted by molar-refractivity contribution is 7.92. The molecule has 0 spiro atoms. The van der Waals surface area contributed by atoms with Gasteiger partial charge in [0.15, 0.2) is 5.65 Å². The Morgan fingerprint density at radius 3 is 2.68 bits per heavy atom. The number of hydrogen-bond acceptors (Lipinski definition) is 7. The first-order valence-corrected chi connectivity index (χ1v) is 12.3. The molecule has 0 amide bonds. The van der Waals surface area contributed by atoms with Crippen LogP contribution in [0.5, 0.6) is 0 Å². The Morgan fingerprint density at radius 2 is 1.97 bits per heavy atom. The normalized spacial score (nSPS) is 22.3. The number of aromatic nitrogens is 5. The molecule has 1 saturated heterocycles. The number of nitrogens with zero attached hydrogens (tertiary/aromatic N) is 7. The predicted molar refractivity (Wildman–Crippen MR) is 116 cm³/mol. The summed E-state index contributed by atoms with van der Waals surface area (Å²) in [7, 11) is -2.23. The van der Waals surface area contributed by atoms with E-state index < -0.39 is 16.2 Å². The Balaban J connectivity index is 1.73. The minimum Gasteiger partial charge on any atom is -0.351 e. The van der Waals surface area contributed by atoms with Crippen LogP contribution < -0.4 is 4.90 Å². The number of hydrogen-bond donors (Lipinski definition) is 0. The van der Waals surface area contributed by atoms with Gasteiger partial charge in [0, 0.05) is 34.9 Å². The average Bonchev–Trinajstić information content (AvgIpc) is 3.12. The molecule has 0 aromatic carbocycles. The molecule has 1 aliphatic heterocycles. The van der Waals surface area contributed by atoms with E-state index in [-0.39, 0.29) is 17.8 Å². The molecule has 3 aromatic rings. The smallest absolute Gasteiger partial charge is 0.282 e. The van der Waals surface area contributed by atoms with Gasteiger partial charge in [-0.25, -0.2) is 32.6 Å². The first kappa shape index (κ1) is 21.5. The van der Waals surface area contributed by atoms with Gasteiger partial charge in [-0.15, -0.1) is 0 Å². The second-order valence-corrected chi connectivity index (χ2v) is 10.9. The van der Waals surface area contributed by atoms with E-state index in [2.05, 4.69) is 43.2 Å². The van der Waals surface area contributed by atoms with Crippen molar-refractivity contribution in [2.45, 2.75) is 38.8 Å². The van der Waals surface area contributed by atoms with Crippen LogP contribution in [0.15, 0.2) is 35.1 Å². The highest BCUT2D eigenvalue weighted by Crippen LogP contribution is 2.30. The van der Waals surface area contributed by atoms with Crippen molar-refractivity contribution in [2.75, 3.05) is 24.0 Å². The maximum Gasteiger partial charge on any atom is 0.282 e. The lowest BCUT2D eigenvalue weighted by Gasteiger charge is -2.41. The van der Waals surface area contributed by atoms with Gasteiger partial charge in [-0.1, -0.05) is 6.92 Å².